The number of carbonyl (C=O) groups is 2. The molecule has 4 aromatic rings. The van der Waals surface area contributed by atoms with Crippen molar-refractivity contribution in [2.45, 2.75) is 25.9 Å². The van der Waals surface area contributed by atoms with Crippen molar-refractivity contribution in [3.05, 3.63) is 55.8 Å². The molecule has 0 radical (unpaired) electrons. The maximum absolute atomic E-state index is 13.1. The molecule has 4 heterocycles. The molecule has 0 atom stereocenters. The molecule has 0 unspecified atom stereocenters. The van der Waals surface area contributed by atoms with E-state index in [1.54, 1.807) is 39.2 Å². The van der Waals surface area contributed by atoms with E-state index in [4.69, 9.17) is 4.74 Å². The van der Waals surface area contributed by atoms with Gasteiger partial charge in [-0.15, -0.1) is 22.7 Å². The Morgan fingerprint density at radius 2 is 2.06 bits per heavy atom. The summed E-state index contributed by atoms with van der Waals surface area (Å²) in [5, 5.41) is 5.00. The van der Waals surface area contributed by atoms with Crippen LogP contribution in [0.3, 0.4) is 0 Å². The summed E-state index contributed by atoms with van der Waals surface area (Å²) < 4.78 is 6.58. The van der Waals surface area contributed by atoms with Crippen molar-refractivity contribution in [1.82, 2.24) is 14.5 Å². The number of carbonyl (C=O) groups excluding carboxylic acids is 2. The molecule has 0 aliphatic rings. The highest BCUT2D eigenvalue weighted by Gasteiger charge is 2.23. The quantitative estimate of drug-likeness (QED) is 0.174. The maximum atomic E-state index is 13.1. The van der Waals surface area contributed by atoms with Crippen LogP contribution >= 0.6 is 34.4 Å². The fraction of sp³-hybridized carbons (Fsp3) is 0.273. The molecule has 0 aliphatic heterocycles. The van der Waals surface area contributed by atoms with Gasteiger partial charge in [0.1, 0.15) is 4.83 Å². The molecule has 0 fully saturated rings. The van der Waals surface area contributed by atoms with Crippen molar-refractivity contribution in [2.24, 2.45) is 7.05 Å². The largest absolute Gasteiger partial charge is 0.462 e. The number of hydrogen-bond acceptors (Lipinski definition) is 8. The Kier molecular flexibility index (Phi) is 6.36. The molecule has 0 aromatic carbocycles. The van der Waals surface area contributed by atoms with Crippen LogP contribution in [-0.4, -0.2) is 38.6 Å². The molecule has 4 rings (SSSR count). The zero-order valence-electron chi connectivity index (χ0n) is 18.0. The number of H-pyrrole nitrogens is 1. The summed E-state index contributed by atoms with van der Waals surface area (Å²) in [6, 6.07) is 3.94. The molecule has 0 saturated heterocycles. The van der Waals surface area contributed by atoms with E-state index in [-0.39, 0.29) is 23.7 Å². The third kappa shape index (κ3) is 3.94. The lowest BCUT2D eigenvalue weighted by Crippen LogP contribution is -2.20. The van der Waals surface area contributed by atoms with Gasteiger partial charge in [0, 0.05) is 28.6 Å². The zero-order chi connectivity index (χ0) is 23.0. The minimum absolute atomic E-state index is 0.0814. The van der Waals surface area contributed by atoms with Gasteiger partial charge in [0.25, 0.3) is 5.56 Å². The van der Waals surface area contributed by atoms with E-state index in [0.29, 0.717) is 37.9 Å². The molecule has 4 aromatic heterocycles. The predicted octanol–water partition coefficient (Wildman–Crippen LogP) is 4.82. The van der Waals surface area contributed by atoms with Crippen molar-refractivity contribution in [3.8, 4) is 10.4 Å². The Morgan fingerprint density at radius 1 is 1.28 bits per heavy atom. The lowest BCUT2D eigenvalue weighted by Gasteiger charge is -2.07. The monoisotopic (exact) mass is 487 g/mol. The highest BCUT2D eigenvalue weighted by Crippen LogP contribution is 2.34. The van der Waals surface area contributed by atoms with E-state index in [1.165, 1.54) is 27.7 Å². The molecule has 7 nitrogen and oxygen atoms in total. The van der Waals surface area contributed by atoms with Crippen molar-refractivity contribution < 1.29 is 14.3 Å². The Labute approximate surface area is 196 Å². The summed E-state index contributed by atoms with van der Waals surface area (Å²) >= 11 is 4.21. The van der Waals surface area contributed by atoms with E-state index in [9.17, 15) is 14.4 Å². The molecule has 0 bridgehead atoms. The Morgan fingerprint density at radius 3 is 2.75 bits per heavy atom. The molecule has 0 spiro atoms. The first-order valence-corrected chi connectivity index (χ1v) is 12.6. The van der Waals surface area contributed by atoms with E-state index < -0.39 is 5.97 Å². The summed E-state index contributed by atoms with van der Waals surface area (Å²) in [7, 11) is 1.67. The molecule has 0 saturated carbocycles. The highest BCUT2D eigenvalue weighted by molar-refractivity contribution is 7.99. The number of rotatable bonds is 7. The number of esters is 1. The second-order valence-electron chi connectivity index (χ2n) is 7.12. The van der Waals surface area contributed by atoms with Crippen LogP contribution in [0.2, 0.25) is 0 Å². The lowest BCUT2D eigenvalue weighted by molar-refractivity contribution is 0.0525. The van der Waals surface area contributed by atoms with Crippen LogP contribution < -0.4 is 5.56 Å². The van der Waals surface area contributed by atoms with Gasteiger partial charge in [0.15, 0.2) is 10.9 Å². The van der Waals surface area contributed by atoms with Crippen molar-refractivity contribution in [2.75, 3.05) is 12.4 Å². The van der Waals surface area contributed by atoms with Gasteiger partial charge in [-0.3, -0.25) is 14.2 Å². The number of aromatic nitrogens is 3. The third-order valence-corrected chi connectivity index (χ3v) is 7.89. The van der Waals surface area contributed by atoms with Gasteiger partial charge in [0.2, 0.25) is 0 Å². The number of ketones is 1. The van der Waals surface area contributed by atoms with Gasteiger partial charge < -0.3 is 9.72 Å². The number of Topliss-reactive ketones (excluding diaryl/α,β-unsaturated/α-hetero) is 1. The first-order chi connectivity index (χ1) is 15.3. The Balaban J connectivity index is 1.60. The topological polar surface area (TPSA) is 94.1 Å². The molecular formula is C22H21N3O4S3. The molecule has 166 valence electrons. The number of ether oxygens (including phenoxy) is 1. The molecule has 32 heavy (non-hydrogen) atoms. The summed E-state index contributed by atoms with van der Waals surface area (Å²) in [5.74, 6) is -0.539. The van der Waals surface area contributed by atoms with Crippen molar-refractivity contribution in [1.29, 1.82) is 0 Å². The second kappa shape index (κ2) is 9.05. The summed E-state index contributed by atoms with van der Waals surface area (Å²) in [6.45, 7) is 5.47. The normalized spacial score (nSPS) is 11.2. The molecule has 10 heteroatoms. The highest BCUT2D eigenvalue weighted by atomic mass is 32.2. The number of thioether (sulfide) groups is 1. The van der Waals surface area contributed by atoms with Crippen LogP contribution in [0.4, 0.5) is 0 Å². The SMILES string of the molecule is CCOC(=O)c1c(C)[nH]c(C(=O)CSc2nc3scc(-c4cccs4)c3c(=O)n2C)c1C. The van der Waals surface area contributed by atoms with Crippen LogP contribution in [0.25, 0.3) is 20.7 Å². The predicted molar refractivity (Wildman–Crippen MR) is 129 cm³/mol. The fourth-order valence-electron chi connectivity index (χ4n) is 3.54. The second-order valence-corrected chi connectivity index (χ2v) is 9.87. The minimum Gasteiger partial charge on any atom is -0.462 e. The Bertz CT molecular complexity index is 1380. The average molecular weight is 488 g/mol. The van der Waals surface area contributed by atoms with Gasteiger partial charge in [-0.1, -0.05) is 17.8 Å². The first kappa shape index (κ1) is 22.5. The van der Waals surface area contributed by atoms with E-state index >= 15 is 0 Å². The van der Waals surface area contributed by atoms with Crippen LogP contribution in [0.15, 0.2) is 32.8 Å². The minimum atomic E-state index is -0.445. The molecule has 1 N–H and O–H groups in total. The van der Waals surface area contributed by atoms with Crippen molar-refractivity contribution in [3.63, 3.8) is 0 Å². The van der Waals surface area contributed by atoms with Crippen LogP contribution in [0, 0.1) is 13.8 Å². The standard InChI is InChI=1S/C22H21N3O4S3/c1-5-29-21(28)16-11(2)18(23-12(16)3)14(26)10-32-22-24-19-17(20(27)25(22)4)13(9-31-19)15-7-6-8-30-15/h6-9,23H,5,10H2,1-4H3. The van der Waals surface area contributed by atoms with E-state index in [1.807, 2.05) is 22.9 Å². The number of aromatic amines is 1. The van der Waals surface area contributed by atoms with Gasteiger partial charge in [-0.25, -0.2) is 9.78 Å². The van der Waals surface area contributed by atoms with Gasteiger partial charge >= 0.3 is 5.97 Å². The summed E-state index contributed by atoms with van der Waals surface area (Å²) in [5.41, 5.74) is 2.70. The lowest BCUT2D eigenvalue weighted by atomic mass is 10.1. The molecule has 0 amide bonds. The number of nitrogens with zero attached hydrogens (tertiary/aromatic N) is 2. The van der Waals surface area contributed by atoms with Gasteiger partial charge in [0.05, 0.1) is 29.0 Å². The number of fused-ring (bicyclic) bond motifs is 1. The third-order valence-electron chi connectivity index (χ3n) is 5.09. The summed E-state index contributed by atoms with van der Waals surface area (Å²) in [4.78, 5) is 47.5. The average Bonchev–Trinajstić information content (AvgIpc) is 3.48. The van der Waals surface area contributed by atoms with Crippen LogP contribution in [0.5, 0.6) is 0 Å². The number of hydrogen-bond donors (Lipinski definition) is 1. The van der Waals surface area contributed by atoms with Gasteiger partial charge in [-0.2, -0.15) is 0 Å². The molecule has 0 aliphatic carbocycles. The van der Waals surface area contributed by atoms with Crippen LogP contribution in [0.1, 0.15) is 39.0 Å². The van der Waals surface area contributed by atoms with Crippen molar-refractivity contribution >= 4 is 56.4 Å². The Hall–Kier alpha value is -2.69. The number of thiophene rings is 2. The summed E-state index contributed by atoms with van der Waals surface area (Å²) in [6.07, 6.45) is 0. The maximum Gasteiger partial charge on any atom is 0.340 e. The van der Waals surface area contributed by atoms with E-state index in [0.717, 1.165) is 10.4 Å². The fourth-order valence-corrected chi connectivity index (χ4v) is 6.18. The smallest absolute Gasteiger partial charge is 0.340 e. The van der Waals surface area contributed by atoms with Crippen LogP contribution in [-0.2, 0) is 11.8 Å². The first-order valence-electron chi connectivity index (χ1n) is 9.87. The molecular weight excluding hydrogens is 466 g/mol. The number of aryl methyl sites for hydroxylation is 1. The van der Waals surface area contributed by atoms with E-state index in [2.05, 4.69) is 9.97 Å². The van der Waals surface area contributed by atoms with Gasteiger partial charge in [-0.05, 0) is 37.8 Å². The zero-order valence-corrected chi connectivity index (χ0v) is 20.4. The number of nitrogens with one attached hydrogen (secondary N) is 1.